The molecule has 1 atom stereocenters. The zero-order chi connectivity index (χ0) is 12.0. The summed E-state index contributed by atoms with van der Waals surface area (Å²) in [6, 6.07) is 4.72. The number of rotatable bonds is 5. The van der Waals surface area contributed by atoms with Gasteiger partial charge in [0.15, 0.2) is 0 Å². The van der Waals surface area contributed by atoms with Crippen LogP contribution in [0.4, 0.5) is 4.39 Å². The number of benzene rings is 1. The first-order chi connectivity index (χ1) is 7.61. The standard InChI is InChI=1S/C13H18FNO/c1-3-4-5-16-13-8-11(6-10(2)15)7-12(14)9-13/h3-4,7-10H,5-6,15H2,1-2H3/b4-3+. The molecule has 0 amide bonds. The van der Waals surface area contributed by atoms with Gasteiger partial charge in [0.1, 0.15) is 18.2 Å². The summed E-state index contributed by atoms with van der Waals surface area (Å²) in [4.78, 5) is 0. The molecule has 1 aromatic carbocycles. The Morgan fingerprint density at radius 2 is 2.19 bits per heavy atom. The van der Waals surface area contributed by atoms with Gasteiger partial charge in [-0.25, -0.2) is 4.39 Å². The topological polar surface area (TPSA) is 35.2 Å². The van der Waals surface area contributed by atoms with E-state index in [0.717, 1.165) is 5.56 Å². The van der Waals surface area contributed by atoms with E-state index in [1.54, 1.807) is 0 Å². The molecule has 88 valence electrons. The zero-order valence-corrected chi connectivity index (χ0v) is 9.74. The molecule has 0 aromatic heterocycles. The molecule has 2 N–H and O–H groups in total. The Bertz CT molecular complexity index is 361. The van der Waals surface area contributed by atoms with Gasteiger partial charge in [0.05, 0.1) is 0 Å². The first-order valence-electron chi connectivity index (χ1n) is 5.41. The first kappa shape index (κ1) is 12.7. The predicted molar refractivity (Wildman–Crippen MR) is 64.1 cm³/mol. The fourth-order valence-electron chi connectivity index (χ4n) is 1.43. The van der Waals surface area contributed by atoms with E-state index in [-0.39, 0.29) is 11.9 Å². The average molecular weight is 223 g/mol. The number of allylic oxidation sites excluding steroid dienone is 1. The molecule has 0 radical (unpaired) electrons. The molecule has 0 spiro atoms. The predicted octanol–water partition coefficient (Wildman–Crippen LogP) is 2.67. The lowest BCUT2D eigenvalue weighted by Gasteiger charge is -2.08. The second-order valence-electron chi connectivity index (χ2n) is 3.86. The molecule has 0 bridgehead atoms. The Balaban J connectivity index is 2.73. The summed E-state index contributed by atoms with van der Waals surface area (Å²) in [5, 5.41) is 0. The zero-order valence-electron chi connectivity index (χ0n) is 9.74. The molecular weight excluding hydrogens is 205 g/mol. The normalized spacial score (nSPS) is 13.0. The van der Waals surface area contributed by atoms with Gasteiger partial charge in [0.2, 0.25) is 0 Å². The van der Waals surface area contributed by atoms with E-state index in [1.807, 2.05) is 32.1 Å². The van der Waals surface area contributed by atoms with Crippen LogP contribution in [-0.2, 0) is 6.42 Å². The van der Waals surface area contributed by atoms with Crippen molar-refractivity contribution in [2.75, 3.05) is 6.61 Å². The molecule has 0 aliphatic carbocycles. The molecule has 0 aliphatic rings. The van der Waals surface area contributed by atoms with Crippen LogP contribution in [0.3, 0.4) is 0 Å². The molecule has 1 rings (SSSR count). The van der Waals surface area contributed by atoms with Crippen molar-refractivity contribution in [3.05, 3.63) is 41.7 Å². The molecular formula is C13H18FNO. The SMILES string of the molecule is C/C=C/COc1cc(F)cc(CC(C)N)c1. The maximum atomic E-state index is 13.2. The van der Waals surface area contributed by atoms with Gasteiger partial charge in [-0.1, -0.05) is 12.2 Å². The van der Waals surface area contributed by atoms with Gasteiger partial charge in [0.25, 0.3) is 0 Å². The van der Waals surface area contributed by atoms with Crippen LogP contribution in [0, 0.1) is 5.82 Å². The Morgan fingerprint density at radius 1 is 1.44 bits per heavy atom. The monoisotopic (exact) mass is 223 g/mol. The van der Waals surface area contributed by atoms with Crippen molar-refractivity contribution in [2.45, 2.75) is 26.3 Å². The molecule has 0 fully saturated rings. The second-order valence-corrected chi connectivity index (χ2v) is 3.86. The number of ether oxygens (including phenoxy) is 1. The van der Waals surface area contributed by atoms with E-state index in [4.69, 9.17) is 10.5 Å². The average Bonchev–Trinajstić information content (AvgIpc) is 2.16. The summed E-state index contributed by atoms with van der Waals surface area (Å²) in [5.74, 6) is 0.266. The third-order valence-corrected chi connectivity index (χ3v) is 2.07. The molecule has 0 heterocycles. The summed E-state index contributed by atoms with van der Waals surface area (Å²) in [6.07, 6.45) is 4.41. The molecule has 0 aliphatic heterocycles. The third kappa shape index (κ3) is 4.45. The van der Waals surface area contributed by atoms with E-state index in [2.05, 4.69) is 0 Å². The highest BCUT2D eigenvalue weighted by Gasteiger charge is 2.03. The molecule has 0 saturated carbocycles. The van der Waals surface area contributed by atoms with E-state index < -0.39 is 0 Å². The van der Waals surface area contributed by atoms with Gasteiger partial charge < -0.3 is 10.5 Å². The van der Waals surface area contributed by atoms with Crippen molar-refractivity contribution in [1.82, 2.24) is 0 Å². The Hall–Kier alpha value is -1.35. The van der Waals surface area contributed by atoms with Crippen molar-refractivity contribution < 1.29 is 9.13 Å². The van der Waals surface area contributed by atoms with E-state index in [9.17, 15) is 4.39 Å². The summed E-state index contributed by atoms with van der Waals surface area (Å²) in [7, 11) is 0. The second kappa shape index (κ2) is 6.28. The molecule has 0 saturated heterocycles. The highest BCUT2D eigenvalue weighted by Crippen LogP contribution is 2.17. The lowest BCUT2D eigenvalue weighted by atomic mass is 10.1. The van der Waals surface area contributed by atoms with Crippen molar-refractivity contribution >= 4 is 0 Å². The van der Waals surface area contributed by atoms with Crippen LogP contribution in [0.25, 0.3) is 0 Å². The summed E-state index contributed by atoms with van der Waals surface area (Å²) < 4.78 is 18.6. The van der Waals surface area contributed by atoms with Gasteiger partial charge in [-0.15, -0.1) is 0 Å². The molecule has 1 unspecified atom stereocenters. The molecule has 16 heavy (non-hydrogen) atoms. The van der Waals surface area contributed by atoms with Crippen molar-refractivity contribution in [3.8, 4) is 5.75 Å². The van der Waals surface area contributed by atoms with E-state index in [1.165, 1.54) is 12.1 Å². The van der Waals surface area contributed by atoms with E-state index >= 15 is 0 Å². The van der Waals surface area contributed by atoms with Crippen molar-refractivity contribution in [3.63, 3.8) is 0 Å². The minimum absolute atomic E-state index is 0.0187. The van der Waals surface area contributed by atoms with Crippen LogP contribution in [-0.4, -0.2) is 12.6 Å². The van der Waals surface area contributed by atoms with Gasteiger partial charge in [-0.3, -0.25) is 0 Å². The largest absolute Gasteiger partial charge is 0.489 e. The fraction of sp³-hybridized carbons (Fsp3) is 0.385. The van der Waals surface area contributed by atoms with Crippen LogP contribution in [0.5, 0.6) is 5.75 Å². The van der Waals surface area contributed by atoms with Crippen molar-refractivity contribution in [2.24, 2.45) is 5.73 Å². The van der Waals surface area contributed by atoms with Gasteiger partial charge >= 0.3 is 0 Å². The maximum absolute atomic E-state index is 13.2. The number of nitrogens with two attached hydrogens (primary N) is 1. The lowest BCUT2D eigenvalue weighted by Crippen LogP contribution is -2.17. The van der Waals surface area contributed by atoms with E-state index in [0.29, 0.717) is 18.8 Å². The van der Waals surface area contributed by atoms with Crippen LogP contribution in [0.2, 0.25) is 0 Å². The third-order valence-electron chi connectivity index (χ3n) is 2.07. The number of halogens is 1. The van der Waals surface area contributed by atoms with Crippen LogP contribution in [0.15, 0.2) is 30.4 Å². The van der Waals surface area contributed by atoms with Crippen molar-refractivity contribution in [1.29, 1.82) is 0 Å². The van der Waals surface area contributed by atoms with Crippen LogP contribution in [0.1, 0.15) is 19.4 Å². The Kier molecular flexibility index (Phi) is 4.99. The Morgan fingerprint density at radius 3 is 2.81 bits per heavy atom. The summed E-state index contributed by atoms with van der Waals surface area (Å²) in [6.45, 7) is 4.26. The highest BCUT2D eigenvalue weighted by atomic mass is 19.1. The maximum Gasteiger partial charge on any atom is 0.127 e. The number of hydrogen-bond donors (Lipinski definition) is 1. The molecule has 3 heteroatoms. The summed E-state index contributed by atoms with van der Waals surface area (Å²) in [5.41, 5.74) is 6.54. The quantitative estimate of drug-likeness (QED) is 0.779. The fourth-order valence-corrected chi connectivity index (χ4v) is 1.43. The molecule has 2 nitrogen and oxygen atoms in total. The van der Waals surface area contributed by atoms with Gasteiger partial charge in [0, 0.05) is 12.1 Å². The first-order valence-corrected chi connectivity index (χ1v) is 5.41. The smallest absolute Gasteiger partial charge is 0.127 e. The van der Waals surface area contributed by atoms with Crippen LogP contribution < -0.4 is 10.5 Å². The molecule has 1 aromatic rings. The number of hydrogen-bond acceptors (Lipinski definition) is 2. The minimum atomic E-state index is -0.284. The van der Waals surface area contributed by atoms with Gasteiger partial charge in [-0.2, -0.15) is 0 Å². The highest BCUT2D eigenvalue weighted by molar-refractivity contribution is 5.30. The minimum Gasteiger partial charge on any atom is -0.489 e. The van der Waals surface area contributed by atoms with Crippen LogP contribution >= 0.6 is 0 Å². The Labute approximate surface area is 95.9 Å². The summed E-state index contributed by atoms with van der Waals surface area (Å²) >= 11 is 0. The lowest BCUT2D eigenvalue weighted by molar-refractivity contribution is 0.360. The van der Waals surface area contributed by atoms with Gasteiger partial charge in [-0.05, 0) is 38.0 Å².